The maximum absolute atomic E-state index is 12.4. The highest BCUT2D eigenvalue weighted by Gasteiger charge is 2.26. The summed E-state index contributed by atoms with van der Waals surface area (Å²) in [4.78, 5) is 16.7. The summed E-state index contributed by atoms with van der Waals surface area (Å²) < 4.78 is 11.7. The van der Waals surface area contributed by atoms with E-state index < -0.39 is 0 Å². The SMILES string of the molecule is CCC(C)C(N)c1nc(C(=O)NCCCCOc2ccc(C(C)(C)CC)cc2C(C)(C)CC)co1. The van der Waals surface area contributed by atoms with Gasteiger partial charge in [-0.2, -0.15) is 0 Å². The highest BCUT2D eigenvalue weighted by molar-refractivity contribution is 5.91. The highest BCUT2D eigenvalue weighted by Crippen LogP contribution is 2.38. The van der Waals surface area contributed by atoms with Crippen molar-refractivity contribution in [2.75, 3.05) is 13.2 Å². The summed E-state index contributed by atoms with van der Waals surface area (Å²) in [6.45, 7) is 18.9. The number of nitrogens with zero attached hydrogens (tertiary/aromatic N) is 1. The second-order valence-electron chi connectivity index (χ2n) is 11.0. The van der Waals surface area contributed by atoms with E-state index in [1.165, 1.54) is 17.4 Å². The standard InChI is InChI=1S/C29H47N3O3/c1-9-20(4)25(30)27-32-23(19-35-27)26(33)31-16-12-13-17-34-24-15-14-21(28(5,6)10-2)18-22(24)29(7,8)11-3/h14-15,18-20,25H,9-13,16-17,30H2,1-8H3,(H,31,33). The minimum atomic E-state index is -0.302. The lowest BCUT2D eigenvalue weighted by Crippen LogP contribution is -2.25. The van der Waals surface area contributed by atoms with Gasteiger partial charge in [0, 0.05) is 12.1 Å². The van der Waals surface area contributed by atoms with Crippen LogP contribution >= 0.6 is 0 Å². The molecule has 1 aromatic heterocycles. The van der Waals surface area contributed by atoms with E-state index in [2.05, 4.69) is 77.0 Å². The number of nitrogens with one attached hydrogen (secondary N) is 1. The fraction of sp³-hybridized carbons (Fsp3) is 0.655. The summed E-state index contributed by atoms with van der Waals surface area (Å²) in [6.07, 6.45) is 6.10. The van der Waals surface area contributed by atoms with E-state index in [1.54, 1.807) is 0 Å². The second-order valence-corrected chi connectivity index (χ2v) is 11.0. The third-order valence-corrected chi connectivity index (χ3v) is 7.67. The van der Waals surface area contributed by atoms with Crippen LogP contribution in [0.1, 0.15) is 121 Å². The number of rotatable bonds is 14. The maximum Gasteiger partial charge on any atom is 0.273 e. The Hall–Kier alpha value is -2.34. The van der Waals surface area contributed by atoms with Crippen LogP contribution in [0.3, 0.4) is 0 Å². The molecule has 0 spiro atoms. The minimum absolute atomic E-state index is 0.0387. The molecular formula is C29H47N3O3. The lowest BCUT2D eigenvalue weighted by molar-refractivity contribution is 0.0947. The van der Waals surface area contributed by atoms with Crippen LogP contribution in [0.4, 0.5) is 0 Å². The van der Waals surface area contributed by atoms with E-state index in [0.717, 1.165) is 37.9 Å². The van der Waals surface area contributed by atoms with Gasteiger partial charge in [-0.15, -0.1) is 0 Å². The number of aromatic nitrogens is 1. The van der Waals surface area contributed by atoms with E-state index in [1.807, 2.05) is 6.92 Å². The number of ether oxygens (including phenoxy) is 1. The van der Waals surface area contributed by atoms with Gasteiger partial charge >= 0.3 is 0 Å². The van der Waals surface area contributed by atoms with Gasteiger partial charge in [0.05, 0.1) is 12.6 Å². The van der Waals surface area contributed by atoms with Crippen molar-refractivity contribution in [3.63, 3.8) is 0 Å². The molecule has 0 bridgehead atoms. The van der Waals surface area contributed by atoms with Crippen molar-refractivity contribution in [1.82, 2.24) is 10.3 Å². The van der Waals surface area contributed by atoms with Crippen molar-refractivity contribution < 1.29 is 13.9 Å². The topological polar surface area (TPSA) is 90.4 Å². The van der Waals surface area contributed by atoms with Crippen molar-refractivity contribution in [3.05, 3.63) is 47.2 Å². The van der Waals surface area contributed by atoms with Crippen LogP contribution in [0.5, 0.6) is 5.75 Å². The quantitative estimate of drug-likeness (QED) is 0.291. The van der Waals surface area contributed by atoms with Crippen molar-refractivity contribution in [2.45, 2.75) is 104 Å². The molecule has 0 aliphatic rings. The van der Waals surface area contributed by atoms with Gasteiger partial charge in [-0.25, -0.2) is 4.98 Å². The van der Waals surface area contributed by atoms with Crippen LogP contribution < -0.4 is 15.8 Å². The predicted octanol–water partition coefficient (Wildman–Crippen LogP) is 6.68. The molecule has 196 valence electrons. The number of carbonyl (C=O) groups excluding carboxylic acids is 1. The molecule has 1 heterocycles. The number of carbonyl (C=O) groups is 1. The largest absolute Gasteiger partial charge is 0.493 e. The van der Waals surface area contributed by atoms with Crippen LogP contribution in [0.15, 0.2) is 28.9 Å². The number of hydrogen-bond acceptors (Lipinski definition) is 5. The third kappa shape index (κ3) is 7.57. The van der Waals surface area contributed by atoms with Crippen LogP contribution in [-0.2, 0) is 10.8 Å². The molecule has 0 aliphatic heterocycles. The van der Waals surface area contributed by atoms with Crippen LogP contribution in [-0.4, -0.2) is 24.0 Å². The van der Waals surface area contributed by atoms with Crippen molar-refractivity contribution in [2.24, 2.45) is 11.7 Å². The minimum Gasteiger partial charge on any atom is -0.493 e. The van der Waals surface area contributed by atoms with Crippen molar-refractivity contribution >= 4 is 5.91 Å². The van der Waals surface area contributed by atoms with Gasteiger partial charge < -0.3 is 20.2 Å². The van der Waals surface area contributed by atoms with Gasteiger partial charge in [-0.1, -0.05) is 73.9 Å². The highest BCUT2D eigenvalue weighted by atomic mass is 16.5. The third-order valence-electron chi connectivity index (χ3n) is 7.67. The molecule has 0 radical (unpaired) electrons. The molecule has 2 unspecified atom stereocenters. The Balaban J connectivity index is 1.88. The fourth-order valence-electron chi connectivity index (χ4n) is 3.74. The van der Waals surface area contributed by atoms with E-state index >= 15 is 0 Å². The predicted molar refractivity (Wildman–Crippen MR) is 143 cm³/mol. The lowest BCUT2D eigenvalue weighted by atomic mass is 9.76. The first-order chi connectivity index (χ1) is 16.5. The molecule has 0 saturated heterocycles. The number of benzene rings is 1. The fourth-order valence-corrected chi connectivity index (χ4v) is 3.74. The van der Waals surface area contributed by atoms with E-state index in [9.17, 15) is 4.79 Å². The summed E-state index contributed by atoms with van der Waals surface area (Å²) in [5, 5.41) is 2.91. The van der Waals surface area contributed by atoms with Gasteiger partial charge in [0.25, 0.3) is 5.91 Å². The van der Waals surface area contributed by atoms with Crippen molar-refractivity contribution in [1.29, 1.82) is 0 Å². The van der Waals surface area contributed by atoms with E-state index in [4.69, 9.17) is 14.9 Å². The summed E-state index contributed by atoms with van der Waals surface area (Å²) >= 11 is 0. The van der Waals surface area contributed by atoms with Crippen molar-refractivity contribution in [3.8, 4) is 5.75 Å². The molecule has 6 heteroatoms. The van der Waals surface area contributed by atoms with E-state index in [-0.39, 0.29) is 34.4 Å². The Labute approximate surface area is 212 Å². The molecule has 2 atom stereocenters. The molecule has 35 heavy (non-hydrogen) atoms. The molecule has 2 rings (SSSR count). The smallest absolute Gasteiger partial charge is 0.273 e. The number of nitrogens with two attached hydrogens (primary N) is 1. The molecule has 0 fully saturated rings. The average Bonchev–Trinajstić information content (AvgIpc) is 3.35. The average molecular weight is 486 g/mol. The monoisotopic (exact) mass is 485 g/mol. The molecule has 0 saturated carbocycles. The van der Waals surface area contributed by atoms with Crippen LogP contribution in [0.25, 0.3) is 0 Å². The zero-order valence-electron chi connectivity index (χ0n) is 23.2. The number of hydrogen-bond donors (Lipinski definition) is 2. The number of amides is 1. The van der Waals surface area contributed by atoms with Gasteiger partial charge in [-0.3, -0.25) is 4.79 Å². The first kappa shape index (κ1) is 28.9. The van der Waals surface area contributed by atoms with Gasteiger partial charge in [0.2, 0.25) is 5.89 Å². The Morgan fingerprint density at radius 1 is 1.11 bits per heavy atom. The maximum atomic E-state index is 12.4. The molecule has 0 aliphatic carbocycles. The van der Waals surface area contributed by atoms with E-state index in [0.29, 0.717) is 19.0 Å². The molecular weight excluding hydrogens is 438 g/mol. The molecule has 1 aromatic carbocycles. The van der Waals surface area contributed by atoms with Crippen LogP contribution in [0, 0.1) is 5.92 Å². The Bertz CT molecular complexity index is 948. The van der Waals surface area contributed by atoms with Gasteiger partial charge in [0.15, 0.2) is 5.69 Å². The molecule has 2 aromatic rings. The zero-order chi connectivity index (χ0) is 26.2. The summed E-state index contributed by atoms with van der Waals surface area (Å²) in [5.74, 6) is 1.38. The Kier molecular flexibility index (Phi) is 10.4. The number of unbranched alkanes of at least 4 members (excludes halogenated alkanes) is 1. The Morgan fingerprint density at radius 2 is 1.80 bits per heavy atom. The summed E-state index contributed by atoms with van der Waals surface area (Å²) in [5.41, 5.74) is 9.22. The Morgan fingerprint density at radius 3 is 2.43 bits per heavy atom. The molecule has 3 N–H and O–H groups in total. The summed E-state index contributed by atoms with van der Waals surface area (Å²) in [7, 11) is 0. The van der Waals surface area contributed by atoms with Gasteiger partial charge in [-0.05, 0) is 54.1 Å². The van der Waals surface area contributed by atoms with Crippen LogP contribution in [0.2, 0.25) is 0 Å². The van der Waals surface area contributed by atoms with Gasteiger partial charge in [0.1, 0.15) is 12.0 Å². The first-order valence-electron chi connectivity index (χ1n) is 13.2. The number of oxazole rings is 1. The first-order valence-corrected chi connectivity index (χ1v) is 13.2. The normalized spacial score (nSPS) is 14.0. The molecule has 6 nitrogen and oxygen atoms in total. The lowest BCUT2D eigenvalue weighted by Gasteiger charge is -2.30. The summed E-state index contributed by atoms with van der Waals surface area (Å²) in [6, 6.07) is 6.37. The second kappa shape index (κ2) is 12.6. The molecule has 1 amide bonds. The zero-order valence-corrected chi connectivity index (χ0v) is 23.2.